The van der Waals surface area contributed by atoms with E-state index in [4.69, 9.17) is 11.6 Å². The zero-order valence-corrected chi connectivity index (χ0v) is 17.6. The lowest BCUT2D eigenvalue weighted by molar-refractivity contribution is 0.0622. The van der Waals surface area contributed by atoms with Crippen molar-refractivity contribution < 1.29 is 13.6 Å². The monoisotopic (exact) mass is 445 g/mol. The summed E-state index contributed by atoms with van der Waals surface area (Å²) >= 11 is 6.06. The van der Waals surface area contributed by atoms with Crippen LogP contribution in [0.3, 0.4) is 0 Å². The van der Waals surface area contributed by atoms with Gasteiger partial charge in [-0.1, -0.05) is 23.7 Å². The molecule has 9 heteroatoms. The average Bonchev–Trinajstić information content (AvgIpc) is 3.51. The van der Waals surface area contributed by atoms with Crippen LogP contribution in [0.2, 0.25) is 5.02 Å². The van der Waals surface area contributed by atoms with Crippen molar-refractivity contribution in [3.63, 3.8) is 0 Å². The number of rotatable bonds is 5. The molecule has 2 aromatic heterocycles. The number of benzene rings is 1. The number of carbonyl (C=O) groups excluding carboxylic acids is 1. The van der Waals surface area contributed by atoms with Crippen LogP contribution in [0.4, 0.5) is 8.78 Å². The van der Waals surface area contributed by atoms with Crippen molar-refractivity contribution in [1.82, 2.24) is 24.4 Å². The summed E-state index contributed by atoms with van der Waals surface area (Å²) in [5, 5.41) is 4.89. The number of halogens is 3. The van der Waals surface area contributed by atoms with Gasteiger partial charge in [-0.2, -0.15) is 5.10 Å². The van der Waals surface area contributed by atoms with Crippen LogP contribution in [-0.2, 0) is 6.54 Å². The number of hydrogen-bond donors (Lipinski definition) is 0. The minimum Gasteiger partial charge on any atom is -0.335 e. The number of alkyl halides is 2. The normalized spacial score (nSPS) is 17.6. The molecule has 5 rings (SSSR count). The summed E-state index contributed by atoms with van der Waals surface area (Å²) in [5.74, 6) is -0.00906. The molecule has 1 saturated heterocycles. The van der Waals surface area contributed by atoms with Crippen LogP contribution >= 0.6 is 11.6 Å². The Morgan fingerprint density at radius 2 is 1.90 bits per heavy atom. The quantitative estimate of drug-likeness (QED) is 0.592. The van der Waals surface area contributed by atoms with Gasteiger partial charge in [0.15, 0.2) is 11.3 Å². The van der Waals surface area contributed by atoms with E-state index >= 15 is 0 Å². The lowest BCUT2D eigenvalue weighted by atomic mass is 10.2. The van der Waals surface area contributed by atoms with Gasteiger partial charge in [-0.25, -0.2) is 18.3 Å². The number of carbonyl (C=O) groups is 1. The number of aromatic nitrogens is 3. The lowest BCUT2D eigenvalue weighted by Gasteiger charge is -2.34. The smallest absolute Gasteiger partial charge is 0.280 e. The van der Waals surface area contributed by atoms with Crippen LogP contribution in [0.15, 0.2) is 36.4 Å². The third-order valence-electron chi connectivity index (χ3n) is 5.87. The van der Waals surface area contributed by atoms with Crippen molar-refractivity contribution >= 4 is 23.2 Å². The number of hydrogen-bond acceptors (Lipinski definition) is 4. The first-order valence-corrected chi connectivity index (χ1v) is 10.8. The van der Waals surface area contributed by atoms with Crippen LogP contribution in [-0.4, -0.2) is 56.5 Å². The molecule has 3 aromatic rings. The zero-order chi connectivity index (χ0) is 21.5. The summed E-state index contributed by atoms with van der Waals surface area (Å²) in [5.41, 5.74) is 2.05. The van der Waals surface area contributed by atoms with Crippen LogP contribution < -0.4 is 0 Å². The molecule has 0 radical (unpaired) electrons. The fraction of sp³-hybridized carbons (Fsp3) is 0.409. The predicted molar refractivity (Wildman–Crippen MR) is 113 cm³/mol. The van der Waals surface area contributed by atoms with Gasteiger partial charge in [0.25, 0.3) is 12.3 Å². The molecule has 0 atom stereocenters. The Hall–Kier alpha value is -2.58. The molecule has 3 heterocycles. The van der Waals surface area contributed by atoms with Crippen LogP contribution in [0.25, 0.3) is 5.65 Å². The van der Waals surface area contributed by atoms with E-state index < -0.39 is 6.43 Å². The van der Waals surface area contributed by atoms with E-state index in [0.717, 1.165) is 42.6 Å². The number of nitrogens with zero attached hydrogens (tertiary/aromatic N) is 5. The maximum absolute atomic E-state index is 13.6. The maximum atomic E-state index is 13.6. The SMILES string of the molecule is O=C(c1cc2nc(C3CC3)cc(C(F)F)n2n1)N1CCN(Cc2cccc(Cl)c2)CC1. The van der Waals surface area contributed by atoms with Gasteiger partial charge in [0.05, 0.1) is 0 Å². The van der Waals surface area contributed by atoms with E-state index in [1.165, 1.54) is 12.1 Å². The van der Waals surface area contributed by atoms with Gasteiger partial charge < -0.3 is 4.90 Å². The molecule has 162 valence electrons. The van der Waals surface area contributed by atoms with Gasteiger partial charge in [0, 0.05) is 55.4 Å². The second-order valence-electron chi connectivity index (χ2n) is 8.18. The van der Waals surface area contributed by atoms with E-state index in [1.54, 1.807) is 4.90 Å². The van der Waals surface area contributed by atoms with Gasteiger partial charge in [-0.05, 0) is 36.6 Å². The average molecular weight is 446 g/mol. The standard InChI is InChI=1S/C22H22ClF2N5O/c23-16-3-1-2-14(10-16)13-28-6-8-29(9-7-28)22(31)18-12-20-26-17(15-4-5-15)11-19(21(24)25)30(20)27-18/h1-3,10-12,15,21H,4-9,13H2. The first-order chi connectivity index (χ1) is 15.0. The van der Waals surface area contributed by atoms with Crippen molar-refractivity contribution in [1.29, 1.82) is 0 Å². The second kappa shape index (κ2) is 8.16. The number of fused-ring (bicyclic) bond motifs is 1. The highest BCUT2D eigenvalue weighted by atomic mass is 35.5. The van der Waals surface area contributed by atoms with Crippen molar-refractivity contribution in [2.24, 2.45) is 0 Å². The third kappa shape index (κ3) is 4.27. The summed E-state index contributed by atoms with van der Waals surface area (Å²) in [7, 11) is 0. The molecule has 1 saturated carbocycles. The van der Waals surface area contributed by atoms with E-state index in [1.807, 2.05) is 24.3 Å². The molecule has 0 bridgehead atoms. The van der Waals surface area contributed by atoms with Crippen LogP contribution in [0.1, 0.15) is 52.6 Å². The molecule has 2 fully saturated rings. The van der Waals surface area contributed by atoms with Crippen LogP contribution in [0.5, 0.6) is 0 Å². The molecule has 1 aliphatic heterocycles. The minimum atomic E-state index is -2.68. The largest absolute Gasteiger partial charge is 0.335 e. The highest BCUT2D eigenvalue weighted by Crippen LogP contribution is 2.40. The Morgan fingerprint density at radius 1 is 1.13 bits per heavy atom. The topological polar surface area (TPSA) is 53.7 Å². The second-order valence-corrected chi connectivity index (χ2v) is 8.62. The van der Waals surface area contributed by atoms with Gasteiger partial charge in [0.1, 0.15) is 5.69 Å². The first kappa shape index (κ1) is 20.3. The van der Waals surface area contributed by atoms with E-state index in [2.05, 4.69) is 15.0 Å². The highest BCUT2D eigenvalue weighted by molar-refractivity contribution is 6.30. The van der Waals surface area contributed by atoms with Crippen molar-refractivity contribution in [2.45, 2.75) is 31.7 Å². The van der Waals surface area contributed by atoms with E-state index in [9.17, 15) is 13.6 Å². The molecule has 0 spiro atoms. The number of amides is 1. The molecule has 1 amide bonds. The minimum absolute atomic E-state index is 0.158. The number of piperazine rings is 1. The summed E-state index contributed by atoms with van der Waals surface area (Å²) in [6.07, 6.45) is -0.753. The van der Waals surface area contributed by atoms with Gasteiger partial charge >= 0.3 is 0 Å². The first-order valence-electron chi connectivity index (χ1n) is 10.4. The molecule has 0 N–H and O–H groups in total. The third-order valence-corrected chi connectivity index (χ3v) is 6.10. The molecule has 2 aliphatic rings. The summed E-state index contributed by atoms with van der Waals surface area (Å²) in [6.45, 7) is 3.31. The van der Waals surface area contributed by atoms with E-state index in [0.29, 0.717) is 29.5 Å². The highest BCUT2D eigenvalue weighted by Gasteiger charge is 2.29. The Morgan fingerprint density at radius 3 is 2.58 bits per heavy atom. The fourth-order valence-corrected chi connectivity index (χ4v) is 4.24. The van der Waals surface area contributed by atoms with Gasteiger partial charge in [-0.3, -0.25) is 9.69 Å². The van der Waals surface area contributed by atoms with Crippen molar-refractivity contribution in [2.75, 3.05) is 26.2 Å². The van der Waals surface area contributed by atoms with E-state index in [-0.39, 0.29) is 23.2 Å². The predicted octanol–water partition coefficient (Wildman–Crippen LogP) is 4.16. The maximum Gasteiger partial charge on any atom is 0.280 e. The zero-order valence-electron chi connectivity index (χ0n) is 16.8. The fourth-order valence-electron chi connectivity index (χ4n) is 4.03. The summed E-state index contributed by atoms with van der Waals surface area (Å²) in [6, 6.07) is 10.7. The summed E-state index contributed by atoms with van der Waals surface area (Å²) < 4.78 is 28.3. The molecular formula is C22H22ClF2N5O. The Kier molecular flexibility index (Phi) is 5.35. The summed E-state index contributed by atoms with van der Waals surface area (Å²) in [4.78, 5) is 21.4. The molecule has 6 nitrogen and oxygen atoms in total. The molecule has 1 aliphatic carbocycles. The Balaban J connectivity index is 1.30. The molecular weight excluding hydrogens is 424 g/mol. The van der Waals surface area contributed by atoms with Crippen LogP contribution in [0, 0.1) is 0 Å². The molecule has 0 unspecified atom stereocenters. The Bertz CT molecular complexity index is 1120. The van der Waals surface area contributed by atoms with Gasteiger partial charge in [-0.15, -0.1) is 0 Å². The van der Waals surface area contributed by atoms with Gasteiger partial charge in [0.2, 0.25) is 0 Å². The molecule has 31 heavy (non-hydrogen) atoms. The van der Waals surface area contributed by atoms with Crippen molar-refractivity contribution in [3.05, 3.63) is 64.1 Å². The Labute approximate surface area is 183 Å². The molecule has 1 aromatic carbocycles. The van der Waals surface area contributed by atoms with Crippen molar-refractivity contribution in [3.8, 4) is 0 Å². The lowest BCUT2D eigenvalue weighted by Crippen LogP contribution is -2.48.